The van der Waals surface area contributed by atoms with E-state index in [1.54, 1.807) is 6.08 Å². The molecule has 1 unspecified atom stereocenters. The highest BCUT2D eigenvalue weighted by Gasteiger charge is 2.50. The fourth-order valence-corrected chi connectivity index (χ4v) is 2.75. The molecule has 84 valence electrons. The molecule has 16 heavy (non-hydrogen) atoms. The summed E-state index contributed by atoms with van der Waals surface area (Å²) in [6, 6.07) is -0.170. The van der Waals surface area contributed by atoms with Crippen LogP contribution < -0.4 is 0 Å². The SMILES string of the molecule is [C-]#[N+]C1CC=C(CO)C[C@]2(C)C(=O)C=C[C@H]12. The normalized spacial score (nSPS) is 37.6. The van der Waals surface area contributed by atoms with Gasteiger partial charge < -0.3 is 9.95 Å². The van der Waals surface area contributed by atoms with Crippen molar-refractivity contribution < 1.29 is 9.90 Å². The lowest BCUT2D eigenvalue weighted by atomic mass is 9.72. The summed E-state index contributed by atoms with van der Waals surface area (Å²) in [6.07, 6.45) is 6.61. The molecule has 3 nitrogen and oxygen atoms in total. The molecule has 2 rings (SSSR count). The van der Waals surface area contributed by atoms with E-state index in [-0.39, 0.29) is 24.3 Å². The van der Waals surface area contributed by atoms with Crippen LogP contribution in [0.15, 0.2) is 23.8 Å². The zero-order valence-electron chi connectivity index (χ0n) is 9.31. The second-order valence-corrected chi connectivity index (χ2v) is 4.80. The first kappa shape index (κ1) is 11.1. The highest BCUT2D eigenvalue weighted by Crippen LogP contribution is 2.46. The smallest absolute Gasteiger partial charge is 0.234 e. The second-order valence-electron chi connectivity index (χ2n) is 4.80. The van der Waals surface area contributed by atoms with Gasteiger partial charge in [-0.25, -0.2) is 6.57 Å². The minimum absolute atomic E-state index is 0.00204. The summed E-state index contributed by atoms with van der Waals surface area (Å²) in [5.74, 6) is 0.0881. The van der Waals surface area contributed by atoms with Gasteiger partial charge in [0.25, 0.3) is 0 Å². The molecule has 3 heteroatoms. The summed E-state index contributed by atoms with van der Waals surface area (Å²) in [4.78, 5) is 15.5. The number of aliphatic hydroxyl groups excluding tert-OH is 1. The fraction of sp³-hybridized carbons (Fsp3) is 0.538. The molecule has 0 aromatic carbocycles. The number of hydrogen-bond acceptors (Lipinski definition) is 2. The van der Waals surface area contributed by atoms with Crippen LogP contribution in [0.4, 0.5) is 0 Å². The number of ketones is 1. The molecule has 2 aliphatic carbocycles. The maximum Gasteiger partial charge on any atom is 0.234 e. The first-order chi connectivity index (χ1) is 7.61. The predicted molar refractivity (Wildman–Crippen MR) is 60.5 cm³/mol. The molecular formula is C13H15NO2. The number of aliphatic hydroxyl groups is 1. The molecule has 0 saturated heterocycles. The molecule has 0 fully saturated rings. The summed E-state index contributed by atoms with van der Waals surface area (Å²) in [5.41, 5.74) is 0.371. The van der Waals surface area contributed by atoms with E-state index in [1.165, 1.54) is 0 Å². The zero-order chi connectivity index (χ0) is 11.8. The Hall–Kier alpha value is -1.40. The van der Waals surface area contributed by atoms with Gasteiger partial charge >= 0.3 is 0 Å². The van der Waals surface area contributed by atoms with Crippen LogP contribution in [0, 0.1) is 17.9 Å². The molecular weight excluding hydrogens is 202 g/mol. The Bertz CT molecular complexity index is 416. The van der Waals surface area contributed by atoms with Crippen LogP contribution in [-0.4, -0.2) is 23.5 Å². The molecule has 0 aromatic heterocycles. The molecule has 0 radical (unpaired) electrons. The number of allylic oxidation sites excluding steroid dienone is 1. The number of rotatable bonds is 1. The molecule has 0 spiro atoms. The van der Waals surface area contributed by atoms with E-state index in [1.807, 2.05) is 19.1 Å². The molecule has 2 aliphatic rings. The lowest BCUT2D eigenvalue weighted by molar-refractivity contribution is -0.123. The number of carbonyl (C=O) groups is 1. The third kappa shape index (κ3) is 1.50. The van der Waals surface area contributed by atoms with Gasteiger partial charge in [0, 0.05) is 11.8 Å². The molecule has 0 aliphatic heterocycles. The average molecular weight is 217 g/mol. The van der Waals surface area contributed by atoms with Crippen LogP contribution in [0.3, 0.4) is 0 Å². The van der Waals surface area contributed by atoms with Gasteiger partial charge in [-0.1, -0.05) is 19.1 Å². The van der Waals surface area contributed by atoms with Crippen LogP contribution in [-0.2, 0) is 4.79 Å². The van der Waals surface area contributed by atoms with Crippen molar-refractivity contribution in [2.75, 3.05) is 6.61 Å². The quantitative estimate of drug-likeness (QED) is 0.537. The van der Waals surface area contributed by atoms with Gasteiger partial charge in [-0.05, 0) is 18.1 Å². The molecule has 0 aromatic rings. The fourth-order valence-electron chi connectivity index (χ4n) is 2.75. The third-order valence-electron chi connectivity index (χ3n) is 3.78. The van der Waals surface area contributed by atoms with E-state index >= 15 is 0 Å². The van der Waals surface area contributed by atoms with Crippen LogP contribution in [0.25, 0.3) is 4.85 Å². The second kappa shape index (κ2) is 3.88. The van der Waals surface area contributed by atoms with Crippen LogP contribution in [0.1, 0.15) is 19.8 Å². The Kier molecular flexibility index (Phi) is 2.69. The molecule has 0 heterocycles. The topological polar surface area (TPSA) is 41.7 Å². The minimum atomic E-state index is -0.514. The number of nitrogens with zero attached hydrogens (tertiary/aromatic N) is 1. The third-order valence-corrected chi connectivity index (χ3v) is 3.78. The lowest BCUT2D eigenvalue weighted by Crippen LogP contribution is -2.34. The van der Waals surface area contributed by atoms with Gasteiger partial charge in [-0.2, -0.15) is 0 Å². The van der Waals surface area contributed by atoms with E-state index in [0.717, 1.165) is 5.57 Å². The molecule has 3 atom stereocenters. The predicted octanol–water partition coefficient (Wildman–Crippen LogP) is 1.75. The summed E-state index contributed by atoms with van der Waals surface area (Å²) in [6.45, 7) is 9.11. The van der Waals surface area contributed by atoms with Crippen molar-refractivity contribution >= 4 is 5.78 Å². The van der Waals surface area contributed by atoms with Gasteiger partial charge in [-0.15, -0.1) is 0 Å². The van der Waals surface area contributed by atoms with Crippen LogP contribution in [0.5, 0.6) is 0 Å². The number of hydrogen-bond donors (Lipinski definition) is 1. The van der Waals surface area contributed by atoms with Gasteiger partial charge in [0.2, 0.25) is 6.04 Å². The highest BCUT2D eigenvalue weighted by molar-refractivity contribution is 5.98. The van der Waals surface area contributed by atoms with Gasteiger partial charge in [0.1, 0.15) is 0 Å². The number of carbonyl (C=O) groups excluding carboxylic acids is 1. The Balaban J connectivity index is 2.40. The minimum Gasteiger partial charge on any atom is -0.392 e. The van der Waals surface area contributed by atoms with Crippen LogP contribution >= 0.6 is 0 Å². The first-order valence-corrected chi connectivity index (χ1v) is 5.50. The van der Waals surface area contributed by atoms with Gasteiger partial charge in [0.05, 0.1) is 12.5 Å². The molecule has 0 bridgehead atoms. The van der Waals surface area contributed by atoms with Crippen LogP contribution in [0.2, 0.25) is 0 Å². The average Bonchev–Trinajstić information content (AvgIpc) is 2.49. The Labute approximate surface area is 95.3 Å². The zero-order valence-corrected chi connectivity index (χ0v) is 9.31. The summed E-state index contributed by atoms with van der Waals surface area (Å²) in [5, 5.41) is 9.22. The molecule has 0 amide bonds. The summed E-state index contributed by atoms with van der Waals surface area (Å²) < 4.78 is 0. The summed E-state index contributed by atoms with van der Waals surface area (Å²) in [7, 11) is 0. The van der Waals surface area contributed by atoms with E-state index in [2.05, 4.69) is 4.85 Å². The van der Waals surface area contributed by atoms with E-state index in [0.29, 0.717) is 12.8 Å². The van der Waals surface area contributed by atoms with Crippen molar-refractivity contribution in [1.82, 2.24) is 0 Å². The van der Waals surface area contributed by atoms with Crippen molar-refractivity contribution in [3.05, 3.63) is 35.2 Å². The van der Waals surface area contributed by atoms with Crippen molar-refractivity contribution in [2.24, 2.45) is 11.3 Å². The lowest BCUT2D eigenvalue weighted by Gasteiger charge is -2.28. The molecule has 1 N–H and O–H groups in total. The highest BCUT2D eigenvalue weighted by atomic mass is 16.3. The van der Waals surface area contributed by atoms with E-state index in [4.69, 9.17) is 6.57 Å². The Morgan fingerprint density at radius 3 is 3.06 bits per heavy atom. The Morgan fingerprint density at radius 2 is 2.44 bits per heavy atom. The van der Waals surface area contributed by atoms with Crippen molar-refractivity contribution in [1.29, 1.82) is 0 Å². The maximum absolute atomic E-state index is 11.9. The van der Waals surface area contributed by atoms with Gasteiger partial charge in [0.15, 0.2) is 5.78 Å². The monoisotopic (exact) mass is 217 g/mol. The van der Waals surface area contributed by atoms with Crippen molar-refractivity contribution in [2.45, 2.75) is 25.8 Å². The Morgan fingerprint density at radius 1 is 1.69 bits per heavy atom. The van der Waals surface area contributed by atoms with E-state index < -0.39 is 5.41 Å². The molecule has 0 saturated carbocycles. The number of fused-ring (bicyclic) bond motifs is 1. The van der Waals surface area contributed by atoms with Crippen molar-refractivity contribution in [3.8, 4) is 0 Å². The maximum atomic E-state index is 11.9. The standard InChI is InChI=1S/C13H15NO2/c1-13-7-9(8-15)3-5-11(14-2)10(13)4-6-12(13)16/h3-4,6,10-11,15H,5,7-8H2,1H3/t10-,11?,13+/m1/s1. The van der Waals surface area contributed by atoms with Gasteiger partial charge in [-0.3, -0.25) is 4.79 Å². The van der Waals surface area contributed by atoms with E-state index in [9.17, 15) is 9.90 Å². The summed E-state index contributed by atoms with van der Waals surface area (Å²) >= 11 is 0. The largest absolute Gasteiger partial charge is 0.392 e. The van der Waals surface area contributed by atoms with Crippen molar-refractivity contribution in [3.63, 3.8) is 0 Å². The first-order valence-electron chi connectivity index (χ1n) is 5.50.